The maximum absolute atomic E-state index is 13.2. The largest absolute Gasteiger partial charge is 0.469 e. The Hall–Kier alpha value is -1.95. The molecule has 1 aliphatic heterocycles. The number of esters is 1. The number of carbonyl (C=O) groups excluding carboxylic acids is 1. The number of hydrogen-bond donors (Lipinski definition) is 0. The Balaban J connectivity index is 1.29. The molecule has 39 heavy (non-hydrogen) atoms. The lowest BCUT2D eigenvalue weighted by Crippen LogP contribution is -2.71. The zero-order chi connectivity index (χ0) is 27.2. The predicted octanol–water partition coefficient (Wildman–Crippen LogP) is 6.87. The molecule has 1 aromatic rings. The van der Waals surface area contributed by atoms with Gasteiger partial charge in [-0.15, -0.1) is 0 Å². The molecule has 7 aliphatic rings. The second kappa shape index (κ2) is 8.77. The fourth-order valence-electron chi connectivity index (χ4n) is 11.9. The summed E-state index contributed by atoms with van der Waals surface area (Å²) in [5.41, 5.74) is 1.24. The molecule has 1 spiro atoms. The van der Waals surface area contributed by atoms with Gasteiger partial charge in [0.2, 0.25) is 0 Å². The van der Waals surface area contributed by atoms with Crippen molar-refractivity contribution < 1.29 is 18.7 Å². The number of fused-ring (bicyclic) bond motifs is 1. The van der Waals surface area contributed by atoms with Crippen LogP contribution in [0.4, 0.5) is 0 Å². The third-order valence-corrected chi connectivity index (χ3v) is 13.2. The normalized spacial score (nSPS) is 48.9. The molecule has 6 aliphatic carbocycles. The highest BCUT2D eigenvalue weighted by molar-refractivity contribution is 5.90. The van der Waals surface area contributed by atoms with E-state index in [9.17, 15) is 4.79 Å². The van der Waals surface area contributed by atoms with E-state index >= 15 is 0 Å². The predicted molar refractivity (Wildman–Crippen MR) is 150 cm³/mol. The standard InChI is InChI=1S/C33H46N2O4/c1-20(2)33-19-32-15-11-25-30(3,13-7-14-31(25,4)29(36)37-5)26(32)18-22(33)27-24(39-33)10-9-23(28(27)32)35-34-16-12-21-8-6-17-38-21/h6,8,16-17,20,22,24-28H,7,9-15,18-19H2,1-5H3/b34-16?,35-23+/t22-,24+,25-,26-,27+,28-,30+,31?,32+,33?/m1/s1. The zero-order valence-corrected chi connectivity index (χ0v) is 24.4. The number of rotatable bonds is 5. The van der Waals surface area contributed by atoms with E-state index in [1.807, 2.05) is 18.3 Å². The minimum Gasteiger partial charge on any atom is -0.469 e. The minimum absolute atomic E-state index is 0.00303. The van der Waals surface area contributed by atoms with E-state index in [0.29, 0.717) is 48.0 Å². The average Bonchev–Trinajstić information content (AvgIpc) is 3.54. The minimum atomic E-state index is -0.382. The SMILES string of the molecule is COC(=O)C1(C)CCC[C@]2(C)[C@H]3C[C@@H]4[C@H]5[C@@H]6CC/C(=N\N=CCc7ccco7)[C@H]5[C@@]3(CC[C@@H]12)CC4(C(C)C)O6. The molecule has 0 radical (unpaired) electrons. The van der Waals surface area contributed by atoms with Crippen LogP contribution in [0.2, 0.25) is 0 Å². The quantitative estimate of drug-likeness (QED) is 0.235. The first-order chi connectivity index (χ1) is 18.7. The highest BCUT2D eigenvalue weighted by atomic mass is 16.5. The number of ether oxygens (including phenoxy) is 2. The Morgan fingerprint density at radius 2 is 2.05 bits per heavy atom. The molecule has 0 aromatic carbocycles. The Labute approximate surface area is 233 Å². The van der Waals surface area contributed by atoms with Gasteiger partial charge in [0.05, 0.1) is 30.5 Å². The van der Waals surface area contributed by atoms with E-state index in [1.165, 1.54) is 18.6 Å². The lowest BCUT2D eigenvalue weighted by atomic mass is 9.31. The molecule has 2 heterocycles. The van der Waals surface area contributed by atoms with E-state index < -0.39 is 0 Å². The Morgan fingerprint density at radius 1 is 1.21 bits per heavy atom. The van der Waals surface area contributed by atoms with Gasteiger partial charge in [0.25, 0.3) is 0 Å². The lowest BCUT2D eigenvalue weighted by Gasteiger charge is -2.73. The highest BCUT2D eigenvalue weighted by Crippen LogP contribution is 2.79. The summed E-state index contributed by atoms with van der Waals surface area (Å²) in [6.07, 6.45) is 14.6. The van der Waals surface area contributed by atoms with Gasteiger partial charge in [-0.3, -0.25) is 4.79 Å². The summed E-state index contributed by atoms with van der Waals surface area (Å²) < 4.78 is 18.1. The third kappa shape index (κ3) is 3.33. The Bertz CT molecular complexity index is 1190. The second-order valence-electron chi connectivity index (χ2n) is 14.7. The monoisotopic (exact) mass is 534 g/mol. The van der Waals surface area contributed by atoms with Crippen molar-refractivity contribution >= 4 is 17.9 Å². The van der Waals surface area contributed by atoms with Crippen LogP contribution in [-0.4, -0.2) is 36.7 Å². The molecule has 4 bridgehead atoms. The van der Waals surface area contributed by atoms with Gasteiger partial charge in [-0.2, -0.15) is 10.2 Å². The van der Waals surface area contributed by atoms with Crippen molar-refractivity contribution in [3.8, 4) is 0 Å². The van der Waals surface area contributed by atoms with Crippen LogP contribution in [0.5, 0.6) is 0 Å². The van der Waals surface area contributed by atoms with Crippen LogP contribution >= 0.6 is 0 Å². The van der Waals surface area contributed by atoms with Crippen molar-refractivity contribution in [3.63, 3.8) is 0 Å². The van der Waals surface area contributed by atoms with Crippen LogP contribution in [0, 0.1) is 51.8 Å². The maximum atomic E-state index is 13.2. The van der Waals surface area contributed by atoms with Crippen LogP contribution in [0.25, 0.3) is 0 Å². The van der Waals surface area contributed by atoms with Crippen LogP contribution in [-0.2, 0) is 20.7 Å². The average molecular weight is 535 g/mol. The van der Waals surface area contributed by atoms with Crippen LogP contribution in [0.3, 0.4) is 0 Å². The van der Waals surface area contributed by atoms with Gasteiger partial charge >= 0.3 is 5.97 Å². The molecule has 6 saturated carbocycles. The molecule has 1 aromatic heterocycles. The molecule has 6 nitrogen and oxygen atoms in total. The molecule has 212 valence electrons. The summed E-state index contributed by atoms with van der Waals surface area (Å²) in [6.45, 7) is 9.55. The van der Waals surface area contributed by atoms with E-state index in [0.717, 1.165) is 50.7 Å². The van der Waals surface area contributed by atoms with Gasteiger partial charge in [0.1, 0.15) is 5.76 Å². The first kappa shape index (κ1) is 26.0. The van der Waals surface area contributed by atoms with Crippen molar-refractivity contribution in [1.29, 1.82) is 0 Å². The fourth-order valence-corrected chi connectivity index (χ4v) is 11.9. The number of nitrogens with zero attached hydrogens (tertiary/aromatic N) is 2. The van der Waals surface area contributed by atoms with E-state index in [2.05, 4.69) is 32.8 Å². The molecule has 0 N–H and O–H groups in total. The van der Waals surface area contributed by atoms with Crippen molar-refractivity contribution in [1.82, 2.24) is 0 Å². The van der Waals surface area contributed by atoms with Crippen LogP contribution in [0.15, 0.2) is 33.0 Å². The number of furan rings is 1. The maximum Gasteiger partial charge on any atom is 0.311 e. The van der Waals surface area contributed by atoms with Crippen molar-refractivity contribution in [2.75, 3.05) is 7.11 Å². The fraction of sp³-hybridized carbons (Fsp3) is 0.788. The molecular formula is C33H46N2O4. The van der Waals surface area contributed by atoms with Crippen molar-refractivity contribution in [3.05, 3.63) is 24.2 Å². The number of hydrogen-bond acceptors (Lipinski definition) is 6. The molecule has 2 unspecified atom stereocenters. The second-order valence-corrected chi connectivity index (χ2v) is 14.7. The van der Waals surface area contributed by atoms with Gasteiger partial charge < -0.3 is 13.9 Å². The smallest absolute Gasteiger partial charge is 0.311 e. The van der Waals surface area contributed by atoms with E-state index in [1.54, 1.807) is 13.4 Å². The summed E-state index contributed by atoms with van der Waals surface area (Å²) >= 11 is 0. The summed E-state index contributed by atoms with van der Waals surface area (Å²) in [4.78, 5) is 13.2. The van der Waals surface area contributed by atoms with E-state index in [-0.39, 0.29) is 27.8 Å². The van der Waals surface area contributed by atoms with Gasteiger partial charge in [-0.25, -0.2) is 0 Å². The van der Waals surface area contributed by atoms with Gasteiger partial charge in [-0.1, -0.05) is 27.2 Å². The zero-order valence-electron chi connectivity index (χ0n) is 24.4. The molecule has 10 atom stereocenters. The number of methoxy groups -OCH3 is 1. The third-order valence-electron chi connectivity index (χ3n) is 13.2. The molecule has 1 saturated heterocycles. The lowest BCUT2D eigenvalue weighted by molar-refractivity contribution is -0.245. The number of carbonyl (C=O) groups is 1. The van der Waals surface area contributed by atoms with Crippen molar-refractivity contribution in [2.45, 2.75) is 104 Å². The molecule has 8 rings (SSSR count). The molecule has 6 heteroatoms. The summed E-state index contributed by atoms with van der Waals surface area (Å²) in [7, 11) is 1.57. The van der Waals surface area contributed by atoms with Gasteiger partial charge in [0.15, 0.2) is 0 Å². The summed E-state index contributed by atoms with van der Waals surface area (Å²) in [6, 6.07) is 3.91. The van der Waals surface area contributed by atoms with Crippen molar-refractivity contribution in [2.24, 2.45) is 62.0 Å². The van der Waals surface area contributed by atoms with Crippen LogP contribution in [0.1, 0.15) is 91.2 Å². The molecule has 7 fully saturated rings. The van der Waals surface area contributed by atoms with E-state index in [4.69, 9.17) is 19.0 Å². The van der Waals surface area contributed by atoms with Crippen LogP contribution < -0.4 is 0 Å². The first-order valence-corrected chi connectivity index (χ1v) is 15.6. The Kier molecular flexibility index (Phi) is 5.84. The topological polar surface area (TPSA) is 73.4 Å². The first-order valence-electron chi connectivity index (χ1n) is 15.6. The molecular weight excluding hydrogens is 488 g/mol. The summed E-state index contributed by atoms with van der Waals surface area (Å²) in [5, 5.41) is 9.63. The highest BCUT2D eigenvalue weighted by Gasteiger charge is 2.78. The molecule has 0 amide bonds. The Morgan fingerprint density at radius 3 is 2.79 bits per heavy atom. The van der Waals surface area contributed by atoms with Gasteiger partial charge in [0, 0.05) is 24.3 Å². The van der Waals surface area contributed by atoms with Gasteiger partial charge in [-0.05, 0) is 111 Å². The summed E-state index contributed by atoms with van der Waals surface area (Å²) in [5.74, 6) is 3.96.